The molecule has 21 heavy (non-hydrogen) atoms. The van der Waals surface area contributed by atoms with Gasteiger partial charge in [0.2, 0.25) is 6.29 Å². The van der Waals surface area contributed by atoms with Crippen LogP contribution in [-0.2, 0) is 4.79 Å². The molecule has 1 saturated carbocycles. The third kappa shape index (κ3) is 2.24. The van der Waals surface area contributed by atoms with Crippen LogP contribution in [0, 0.1) is 28.6 Å². The molecule has 0 heterocycles. The molecule has 0 saturated heterocycles. The van der Waals surface area contributed by atoms with E-state index in [9.17, 15) is 4.79 Å². The van der Waals surface area contributed by atoms with Crippen LogP contribution in [0.2, 0.25) is 0 Å². The van der Waals surface area contributed by atoms with Crippen LogP contribution in [0.5, 0.6) is 0 Å². The minimum Gasteiger partial charge on any atom is -0.290 e. The van der Waals surface area contributed by atoms with Crippen molar-refractivity contribution in [1.29, 1.82) is 0 Å². The van der Waals surface area contributed by atoms with Crippen molar-refractivity contribution in [3.63, 3.8) is 0 Å². The summed E-state index contributed by atoms with van der Waals surface area (Å²) < 4.78 is 0. The summed E-state index contributed by atoms with van der Waals surface area (Å²) in [4.78, 5) is 11.6. The molecule has 0 amide bonds. The summed E-state index contributed by atoms with van der Waals surface area (Å²) in [6.45, 7) is 9.22. The van der Waals surface area contributed by atoms with Gasteiger partial charge in [0.25, 0.3) is 0 Å². The van der Waals surface area contributed by atoms with E-state index in [4.69, 9.17) is 0 Å². The van der Waals surface area contributed by atoms with E-state index in [0.29, 0.717) is 23.2 Å². The summed E-state index contributed by atoms with van der Waals surface area (Å²) >= 11 is 0. The highest BCUT2D eigenvalue weighted by Crippen LogP contribution is 2.61. The van der Waals surface area contributed by atoms with Gasteiger partial charge in [-0.15, -0.1) is 0 Å². The van der Waals surface area contributed by atoms with E-state index in [1.165, 1.54) is 25.7 Å². The van der Waals surface area contributed by atoms with Gasteiger partial charge in [-0.05, 0) is 60.8 Å². The second kappa shape index (κ2) is 5.11. The third-order valence-corrected chi connectivity index (χ3v) is 6.81. The Morgan fingerprint density at radius 3 is 2.71 bits per heavy atom. The smallest absolute Gasteiger partial charge is 0.205 e. The second-order valence-corrected chi connectivity index (χ2v) is 8.34. The first kappa shape index (κ1) is 15.1. The number of hydrogen-bond donors (Lipinski definition) is 0. The molecule has 3 rings (SSSR count). The van der Waals surface area contributed by atoms with Gasteiger partial charge in [-0.2, -0.15) is 0 Å². The highest BCUT2D eigenvalue weighted by molar-refractivity contribution is 5.61. The van der Waals surface area contributed by atoms with Crippen molar-refractivity contribution >= 4 is 6.29 Å². The number of hydrogen-bond acceptors (Lipinski definition) is 1. The van der Waals surface area contributed by atoms with Crippen molar-refractivity contribution in [2.75, 3.05) is 0 Å². The molecule has 0 aliphatic heterocycles. The molecule has 1 fully saturated rings. The van der Waals surface area contributed by atoms with Crippen molar-refractivity contribution in [2.45, 2.75) is 66.2 Å². The molecule has 0 aromatic heterocycles. The van der Waals surface area contributed by atoms with Gasteiger partial charge in [0.1, 0.15) is 0 Å². The predicted octanol–water partition coefficient (Wildman–Crippen LogP) is 5.23. The Bertz CT molecular complexity index is 498. The topological polar surface area (TPSA) is 17.1 Å². The van der Waals surface area contributed by atoms with E-state index in [1.54, 1.807) is 11.1 Å². The molecule has 115 valence electrons. The van der Waals surface area contributed by atoms with Gasteiger partial charge < -0.3 is 0 Å². The lowest BCUT2D eigenvalue weighted by atomic mass is 9.47. The van der Waals surface area contributed by atoms with Crippen LogP contribution >= 0.6 is 0 Å². The fourth-order valence-electron chi connectivity index (χ4n) is 5.47. The summed E-state index contributed by atoms with van der Waals surface area (Å²) in [6.07, 6.45) is 14.4. The Balaban J connectivity index is 1.99. The first-order valence-corrected chi connectivity index (χ1v) is 8.70. The molecule has 3 aliphatic carbocycles. The Labute approximate surface area is 129 Å². The lowest BCUT2D eigenvalue weighted by Crippen LogP contribution is -2.50. The van der Waals surface area contributed by atoms with E-state index in [1.807, 2.05) is 0 Å². The minimum atomic E-state index is -0.225. The Hall–Kier alpha value is -0.850. The predicted molar refractivity (Wildman–Crippen MR) is 87.6 cm³/mol. The summed E-state index contributed by atoms with van der Waals surface area (Å²) in [6, 6.07) is 0. The molecule has 0 unspecified atom stereocenters. The van der Waals surface area contributed by atoms with E-state index < -0.39 is 0 Å². The van der Waals surface area contributed by atoms with Crippen LogP contribution in [0.4, 0.5) is 0 Å². The number of fused-ring (bicyclic) bond motifs is 3. The van der Waals surface area contributed by atoms with Gasteiger partial charge in [0, 0.05) is 5.41 Å². The van der Waals surface area contributed by atoms with Gasteiger partial charge >= 0.3 is 0 Å². The van der Waals surface area contributed by atoms with E-state index >= 15 is 0 Å². The molecule has 1 heteroatoms. The maximum atomic E-state index is 11.6. The Morgan fingerprint density at radius 2 is 2.05 bits per heavy atom. The van der Waals surface area contributed by atoms with Crippen molar-refractivity contribution < 1.29 is 4.79 Å². The highest BCUT2D eigenvalue weighted by Gasteiger charge is 2.54. The highest BCUT2D eigenvalue weighted by atomic mass is 16.1. The molecule has 3 aliphatic rings. The zero-order valence-corrected chi connectivity index (χ0v) is 14.0. The van der Waals surface area contributed by atoms with Crippen LogP contribution in [0.3, 0.4) is 0 Å². The molecule has 1 radical (unpaired) electrons. The lowest BCUT2D eigenvalue weighted by Gasteiger charge is -2.56. The Kier molecular flexibility index (Phi) is 3.66. The molecule has 4 atom stereocenters. The van der Waals surface area contributed by atoms with Crippen LogP contribution < -0.4 is 0 Å². The Morgan fingerprint density at radius 1 is 1.29 bits per heavy atom. The van der Waals surface area contributed by atoms with Gasteiger partial charge in [-0.1, -0.05) is 51.8 Å². The van der Waals surface area contributed by atoms with Gasteiger partial charge in [0.05, 0.1) is 0 Å². The minimum absolute atomic E-state index is 0.225. The summed E-state index contributed by atoms with van der Waals surface area (Å²) in [7, 11) is 0. The fraction of sp³-hybridized carbons (Fsp3) is 0.750. The molecule has 0 aromatic carbocycles. The average molecular weight is 285 g/mol. The standard InChI is InChI=1S/C20H29O/c1-14(2)15-6-8-17-16(12-15)7-9-18-19(3,13-21)10-5-11-20(17,18)4/h7,12,14,17-18H,5-6,8-11H2,1-4H3/t17-,18-,19-,20+/m0/s1. The summed E-state index contributed by atoms with van der Waals surface area (Å²) in [5.74, 6) is 1.81. The third-order valence-electron chi connectivity index (χ3n) is 6.81. The zero-order chi connectivity index (χ0) is 15.3. The van der Waals surface area contributed by atoms with Crippen LogP contribution in [0.15, 0.2) is 23.3 Å². The van der Waals surface area contributed by atoms with Crippen molar-refractivity contribution in [3.8, 4) is 0 Å². The average Bonchev–Trinajstić information content (AvgIpc) is 2.46. The number of carbonyl (C=O) groups excluding carboxylic acids is 1. The first-order chi connectivity index (χ1) is 9.90. The SMILES string of the molecule is CC(C)C1=CC2=CC[C@@H]3[C@](C)(CCC[C@@]3(C)[C]=O)[C@H]2CC1. The van der Waals surface area contributed by atoms with E-state index in [0.717, 1.165) is 12.8 Å². The van der Waals surface area contributed by atoms with Crippen molar-refractivity contribution in [1.82, 2.24) is 0 Å². The first-order valence-electron chi connectivity index (χ1n) is 8.70. The molecular weight excluding hydrogens is 256 g/mol. The molecule has 0 bridgehead atoms. The van der Waals surface area contributed by atoms with Gasteiger partial charge in [-0.3, -0.25) is 4.79 Å². The van der Waals surface area contributed by atoms with Crippen molar-refractivity contribution in [3.05, 3.63) is 23.3 Å². The van der Waals surface area contributed by atoms with Gasteiger partial charge in [-0.25, -0.2) is 0 Å². The normalized spacial score (nSPS) is 42.7. The van der Waals surface area contributed by atoms with E-state index in [-0.39, 0.29) is 5.41 Å². The van der Waals surface area contributed by atoms with Gasteiger partial charge in [0.15, 0.2) is 0 Å². The quantitative estimate of drug-likeness (QED) is 0.679. The lowest BCUT2D eigenvalue weighted by molar-refractivity contribution is -0.0155. The maximum Gasteiger partial charge on any atom is 0.205 e. The largest absolute Gasteiger partial charge is 0.290 e. The monoisotopic (exact) mass is 285 g/mol. The molecule has 0 N–H and O–H groups in total. The molecule has 0 aromatic rings. The number of allylic oxidation sites excluding steroid dienone is 4. The summed E-state index contributed by atoms with van der Waals surface area (Å²) in [5.41, 5.74) is 3.25. The van der Waals surface area contributed by atoms with Crippen molar-refractivity contribution in [2.24, 2.45) is 28.6 Å². The van der Waals surface area contributed by atoms with Crippen LogP contribution in [0.1, 0.15) is 66.2 Å². The second-order valence-electron chi connectivity index (χ2n) is 8.34. The molecule has 1 nitrogen and oxygen atoms in total. The van der Waals surface area contributed by atoms with E-state index in [2.05, 4.69) is 46.1 Å². The van der Waals surface area contributed by atoms with Crippen LogP contribution in [0.25, 0.3) is 0 Å². The molecular formula is C20H29O. The molecule has 0 spiro atoms. The number of rotatable bonds is 2. The fourth-order valence-corrected chi connectivity index (χ4v) is 5.47. The maximum absolute atomic E-state index is 11.6. The zero-order valence-electron chi connectivity index (χ0n) is 14.0. The summed E-state index contributed by atoms with van der Waals surface area (Å²) in [5, 5.41) is 0. The van der Waals surface area contributed by atoms with Crippen LogP contribution in [-0.4, -0.2) is 6.29 Å².